The Labute approximate surface area is 112 Å². The Morgan fingerprint density at radius 2 is 2.11 bits per heavy atom. The summed E-state index contributed by atoms with van der Waals surface area (Å²) in [6.07, 6.45) is 8.82. The van der Waals surface area contributed by atoms with Gasteiger partial charge in [0.15, 0.2) is 0 Å². The van der Waals surface area contributed by atoms with Crippen molar-refractivity contribution in [2.45, 2.75) is 48.9 Å². The summed E-state index contributed by atoms with van der Waals surface area (Å²) in [4.78, 5) is 4.72. The first-order valence-corrected chi connectivity index (χ1v) is 7.59. The van der Waals surface area contributed by atoms with E-state index in [1.807, 2.05) is 30.0 Å². The number of fused-ring (bicyclic) bond motifs is 1. The lowest BCUT2D eigenvalue weighted by atomic mass is 10.0. The number of imidazole rings is 1. The molecule has 2 aromatic rings. The molecule has 0 radical (unpaired) electrons. The smallest absolute Gasteiger partial charge is 0.138 e. The fourth-order valence-electron chi connectivity index (χ4n) is 2.65. The highest BCUT2D eigenvalue weighted by Crippen LogP contribution is 2.34. The zero-order valence-electron chi connectivity index (χ0n) is 10.5. The molecule has 0 unspecified atom stereocenters. The predicted molar refractivity (Wildman–Crippen MR) is 75.8 cm³/mol. The standard InChI is InChI=1S/C14H19N3S/c15-10-12-14(18-11-6-2-1-3-7-11)16-13-8-4-5-9-17(12)13/h4-5,8-9,11H,1-3,6-7,10,15H2. The molecule has 1 fully saturated rings. The molecule has 96 valence electrons. The summed E-state index contributed by atoms with van der Waals surface area (Å²) in [5.41, 5.74) is 8.06. The van der Waals surface area contributed by atoms with E-state index in [4.69, 9.17) is 10.7 Å². The lowest BCUT2D eigenvalue weighted by molar-refractivity contribution is 0.515. The van der Waals surface area contributed by atoms with Crippen LogP contribution >= 0.6 is 11.8 Å². The topological polar surface area (TPSA) is 43.3 Å². The van der Waals surface area contributed by atoms with Crippen LogP contribution in [0.5, 0.6) is 0 Å². The second-order valence-corrected chi connectivity index (χ2v) is 6.16. The van der Waals surface area contributed by atoms with Gasteiger partial charge in [-0.25, -0.2) is 4.98 Å². The third kappa shape index (κ3) is 2.27. The molecule has 0 bridgehead atoms. The van der Waals surface area contributed by atoms with E-state index >= 15 is 0 Å². The number of aromatic nitrogens is 2. The molecule has 1 saturated carbocycles. The Balaban J connectivity index is 1.90. The molecule has 4 heteroatoms. The molecule has 0 saturated heterocycles. The maximum Gasteiger partial charge on any atom is 0.138 e. The highest BCUT2D eigenvalue weighted by Gasteiger charge is 2.19. The van der Waals surface area contributed by atoms with Gasteiger partial charge in [-0.1, -0.05) is 25.3 Å². The normalized spacial score (nSPS) is 17.4. The van der Waals surface area contributed by atoms with Gasteiger partial charge in [0.1, 0.15) is 10.7 Å². The average Bonchev–Trinajstić information content (AvgIpc) is 2.77. The molecule has 2 N–H and O–H groups in total. The molecular formula is C14H19N3S. The van der Waals surface area contributed by atoms with E-state index in [0.717, 1.165) is 21.6 Å². The number of nitrogens with two attached hydrogens (primary N) is 1. The van der Waals surface area contributed by atoms with Crippen LogP contribution in [0.1, 0.15) is 37.8 Å². The molecule has 0 aliphatic heterocycles. The summed E-state index contributed by atoms with van der Waals surface area (Å²) in [6.45, 7) is 0.556. The molecule has 18 heavy (non-hydrogen) atoms. The minimum absolute atomic E-state index is 0.556. The van der Waals surface area contributed by atoms with Crippen molar-refractivity contribution in [1.82, 2.24) is 9.38 Å². The van der Waals surface area contributed by atoms with Crippen LogP contribution in [0.4, 0.5) is 0 Å². The van der Waals surface area contributed by atoms with E-state index in [-0.39, 0.29) is 0 Å². The second kappa shape index (κ2) is 5.33. The van der Waals surface area contributed by atoms with Crippen molar-refractivity contribution in [3.05, 3.63) is 30.1 Å². The van der Waals surface area contributed by atoms with Gasteiger partial charge >= 0.3 is 0 Å². The zero-order chi connectivity index (χ0) is 12.4. The third-order valence-electron chi connectivity index (χ3n) is 3.62. The van der Waals surface area contributed by atoms with Crippen LogP contribution < -0.4 is 5.73 Å². The van der Waals surface area contributed by atoms with Crippen molar-refractivity contribution in [3.63, 3.8) is 0 Å². The van der Waals surface area contributed by atoms with Gasteiger partial charge in [-0.3, -0.25) is 0 Å². The minimum atomic E-state index is 0.556. The van der Waals surface area contributed by atoms with E-state index in [2.05, 4.69) is 10.6 Å². The van der Waals surface area contributed by atoms with Gasteiger partial charge in [0, 0.05) is 18.0 Å². The monoisotopic (exact) mass is 261 g/mol. The number of hydrogen-bond acceptors (Lipinski definition) is 3. The lowest BCUT2D eigenvalue weighted by Gasteiger charge is -2.20. The van der Waals surface area contributed by atoms with Crippen LogP contribution in [-0.2, 0) is 6.54 Å². The van der Waals surface area contributed by atoms with E-state index in [1.165, 1.54) is 32.1 Å². The fraction of sp³-hybridized carbons (Fsp3) is 0.500. The van der Waals surface area contributed by atoms with Crippen molar-refractivity contribution in [1.29, 1.82) is 0 Å². The van der Waals surface area contributed by atoms with Gasteiger partial charge in [-0.15, -0.1) is 11.8 Å². The molecule has 0 spiro atoms. The van der Waals surface area contributed by atoms with Crippen molar-refractivity contribution in [3.8, 4) is 0 Å². The van der Waals surface area contributed by atoms with Crippen molar-refractivity contribution >= 4 is 17.4 Å². The number of pyridine rings is 1. The first-order valence-electron chi connectivity index (χ1n) is 6.71. The number of hydrogen-bond donors (Lipinski definition) is 1. The first-order chi connectivity index (χ1) is 8.88. The molecule has 0 atom stereocenters. The maximum atomic E-state index is 5.89. The van der Waals surface area contributed by atoms with Crippen molar-refractivity contribution < 1.29 is 0 Å². The number of nitrogens with zero attached hydrogens (tertiary/aromatic N) is 2. The molecule has 1 aliphatic rings. The Bertz CT molecular complexity index is 529. The van der Waals surface area contributed by atoms with Gasteiger partial charge < -0.3 is 10.1 Å². The molecule has 3 rings (SSSR count). The van der Waals surface area contributed by atoms with Crippen LogP contribution in [0.2, 0.25) is 0 Å². The largest absolute Gasteiger partial charge is 0.325 e. The molecule has 3 nitrogen and oxygen atoms in total. The molecule has 2 heterocycles. The van der Waals surface area contributed by atoms with E-state index in [1.54, 1.807) is 0 Å². The number of thioether (sulfide) groups is 1. The molecular weight excluding hydrogens is 242 g/mol. The quantitative estimate of drug-likeness (QED) is 0.922. The number of rotatable bonds is 3. The average molecular weight is 261 g/mol. The van der Waals surface area contributed by atoms with Crippen LogP contribution in [0, 0.1) is 0 Å². The van der Waals surface area contributed by atoms with E-state index in [9.17, 15) is 0 Å². The summed E-state index contributed by atoms with van der Waals surface area (Å²) in [6, 6.07) is 6.10. The molecule has 0 aromatic carbocycles. The van der Waals surface area contributed by atoms with Crippen LogP contribution in [-0.4, -0.2) is 14.6 Å². The van der Waals surface area contributed by atoms with E-state index in [0.29, 0.717) is 6.54 Å². The van der Waals surface area contributed by atoms with Crippen LogP contribution in [0.3, 0.4) is 0 Å². The highest BCUT2D eigenvalue weighted by atomic mass is 32.2. The van der Waals surface area contributed by atoms with Gasteiger partial charge in [-0.05, 0) is 25.0 Å². The molecule has 1 aliphatic carbocycles. The SMILES string of the molecule is NCc1c(SC2CCCCC2)nc2ccccn12. The zero-order valence-corrected chi connectivity index (χ0v) is 11.3. The third-order valence-corrected chi connectivity index (χ3v) is 4.97. The van der Waals surface area contributed by atoms with E-state index < -0.39 is 0 Å². The van der Waals surface area contributed by atoms with Crippen molar-refractivity contribution in [2.24, 2.45) is 5.73 Å². The van der Waals surface area contributed by atoms with Gasteiger partial charge in [-0.2, -0.15) is 0 Å². The lowest BCUT2D eigenvalue weighted by Crippen LogP contribution is -2.09. The molecule has 2 aromatic heterocycles. The van der Waals surface area contributed by atoms with Crippen LogP contribution in [0.25, 0.3) is 5.65 Å². The highest BCUT2D eigenvalue weighted by molar-refractivity contribution is 7.99. The Kier molecular flexibility index (Phi) is 3.57. The van der Waals surface area contributed by atoms with Crippen LogP contribution in [0.15, 0.2) is 29.4 Å². The second-order valence-electron chi connectivity index (χ2n) is 4.87. The maximum absolute atomic E-state index is 5.89. The fourth-order valence-corrected chi connectivity index (χ4v) is 3.99. The Morgan fingerprint density at radius 3 is 2.89 bits per heavy atom. The first kappa shape index (κ1) is 12.1. The van der Waals surface area contributed by atoms with Gasteiger partial charge in [0.05, 0.1) is 5.69 Å². The summed E-state index contributed by atoms with van der Waals surface area (Å²) in [5.74, 6) is 0. The summed E-state index contributed by atoms with van der Waals surface area (Å²) in [5, 5.41) is 1.87. The summed E-state index contributed by atoms with van der Waals surface area (Å²) >= 11 is 1.93. The Morgan fingerprint density at radius 1 is 1.28 bits per heavy atom. The molecule has 0 amide bonds. The van der Waals surface area contributed by atoms with Gasteiger partial charge in [0.25, 0.3) is 0 Å². The summed E-state index contributed by atoms with van der Waals surface area (Å²) in [7, 11) is 0. The van der Waals surface area contributed by atoms with Gasteiger partial charge in [0.2, 0.25) is 0 Å². The predicted octanol–water partition coefficient (Wildman–Crippen LogP) is 3.22. The Hall–Kier alpha value is -1.00. The summed E-state index contributed by atoms with van der Waals surface area (Å²) < 4.78 is 2.12. The van der Waals surface area contributed by atoms with Crippen molar-refractivity contribution in [2.75, 3.05) is 0 Å². The minimum Gasteiger partial charge on any atom is -0.325 e.